The Morgan fingerprint density at radius 2 is 1.66 bits per heavy atom. The molecule has 0 aliphatic carbocycles. The van der Waals surface area contributed by atoms with Crippen LogP contribution in [0.15, 0.2) is 65.5 Å². The summed E-state index contributed by atoms with van der Waals surface area (Å²) in [4.78, 5) is 17.2. The third-order valence-electron chi connectivity index (χ3n) is 5.74. The molecule has 2 aromatic heterocycles. The summed E-state index contributed by atoms with van der Waals surface area (Å²) in [5, 5.41) is 17.6. The Morgan fingerprint density at radius 1 is 0.947 bits per heavy atom. The monoisotopic (exact) mass is 517 g/mol. The van der Waals surface area contributed by atoms with Crippen molar-refractivity contribution in [3.05, 3.63) is 88.1 Å². The summed E-state index contributed by atoms with van der Waals surface area (Å²) in [6, 6.07) is 19.2. The highest BCUT2D eigenvalue weighted by atomic mass is 19.1. The van der Waals surface area contributed by atoms with Gasteiger partial charge in [-0.15, -0.1) is 0 Å². The molecular weight excluding hydrogens is 489 g/mol. The summed E-state index contributed by atoms with van der Waals surface area (Å²) in [5.74, 6) is -0.343. The van der Waals surface area contributed by atoms with Crippen molar-refractivity contribution in [1.29, 1.82) is 5.26 Å². The lowest BCUT2D eigenvalue weighted by molar-refractivity contribution is 0.0272. The molecule has 196 valence electrons. The molecule has 0 unspecified atom stereocenters. The average Bonchev–Trinajstić information content (AvgIpc) is 2.94. The number of anilines is 1. The number of halogens is 1. The number of aromatic nitrogens is 3. The molecule has 2 heterocycles. The lowest BCUT2D eigenvalue weighted by Gasteiger charge is -2.13. The van der Waals surface area contributed by atoms with Gasteiger partial charge in [0.05, 0.1) is 62.2 Å². The molecule has 2 aromatic carbocycles. The van der Waals surface area contributed by atoms with Gasteiger partial charge in [-0.1, -0.05) is 30.3 Å². The Kier molecular flexibility index (Phi) is 9.48. The number of pyridine rings is 1. The van der Waals surface area contributed by atoms with Crippen LogP contribution >= 0.6 is 0 Å². The molecule has 0 aliphatic rings. The van der Waals surface area contributed by atoms with E-state index >= 15 is 4.39 Å². The maximum absolute atomic E-state index is 15.2. The van der Waals surface area contributed by atoms with Gasteiger partial charge < -0.3 is 19.5 Å². The van der Waals surface area contributed by atoms with Crippen LogP contribution in [-0.2, 0) is 20.8 Å². The fourth-order valence-electron chi connectivity index (χ4n) is 3.82. The van der Waals surface area contributed by atoms with Gasteiger partial charge in [0.25, 0.3) is 5.56 Å². The van der Waals surface area contributed by atoms with Crippen LogP contribution in [0.3, 0.4) is 0 Å². The van der Waals surface area contributed by atoms with Crippen LogP contribution in [0.5, 0.6) is 0 Å². The molecule has 0 aliphatic heterocycles. The van der Waals surface area contributed by atoms with Crippen molar-refractivity contribution in [2.75, 3.05) is 52.0 Å². The first-order valence-corrected chi connectivity index (χ1v) is 12.1. The van der Waals surface area contributed by atoms with Gasteiger partial charge in [0.15, 0.2) is 0 Å². The summed E-state index contributed by atoms with van der Waals surface area (Å²) in [6.45, 7) is 3.01. The number of fused-ring (bicyclic) bond motifs is 1. The molecule has 0 atom stereocenters. The van der Waals surface area contributed by atoms with E-state index in [0.29, 0.717) is 67.4 Å². The predicted molar refractivity (Wildman–Crippen MR) is 141 cm³/mol. The summed E-state index contributed by atoms with van der Waals surface area (Å²) in [6.07, 6.45) is 0. The van der Waals surface area contributed by atoms with Crippen molar-refractivity contribution in [2.45, 2.75) is 6.54 Å². The fourth-order valence-corrected chi connectivity index (χ4v) is 3.82. The predicted octanol–water partition coefficient (Wildman–Crippen LogP) is 3.61. The molecule has 0 radical (unpaired) electrons. The molecule has 0 bridgehead atoms. The van der Waals surface area contributed by atoms with Gasteiger partial charge in [-0.05, 0) is 35.9 Å². The number of benzene rings is 2. The second kappa shape index (κ2) is 13.4. The van der Waals surface area contributed by atoms with Crippen LogP contribution in [0.1, 0.15) is 11.1 Å². The van der Waals surface area contributed by atoms with Gasteiger partial charge in [-0.25, -0.2) is 9.67 Å². The second-order valence-corrected chi connectivity index (χ2v) is 8.34. The fraction of sp³-hybridized carbons (Fsp3) is 0.286. The smallest absolute Gasteiger partial charge is 0.274 e. The summed E-state index contributed by atoms with van der Waals surface area (Å²) >= 11 is 0. The second-order valence-electron chi connectivity index (χ2n) is 8.34. The minimum Gasteiger partial charge on any atom is -0.382 e. The highest BCUT2D eigenvalue weighted by molar-refractivity contribution is 5.93. The Morgan fingerprint density at radius 3 is 2.37 bits per heavy atom. The van der Waals surface area contributed by atoms with E-state index in [1.807, 2.05) is 0 Å². The molecule has 1 N–H and O–H groups in total. The first kappa shape index (κ1) is 26.9. The van der Waals surface area contributed by atoms with Gasteiger partial charge in [0, 0.05) is 19.0 Å². The highest BCUT2D eigenvalue weighted by Gasteiger charge is 2.17. The summed E-state index contributed by atoms with van der Waals surface area (Å²) < 4.78 is 32.2. The normalized spacial score (nSPS) is 11.0. The quantitative estimate of drug-likeness (QED) is 0.212. The number of hydrogen-bond acceptors (Lipinski definition) is 8. The van der Waals surface area contributed by atoms with Gasteiger partial charge in [-0.2, -0.15) is 14.8 Å². The molecule has 10 heteroatoms. The van der Waals surface area contributed by atoms with Crippen LogP contribution in [-0.4, -0.2) is 61.5 Å². The van der Waals surface area contributed by atoms with Crippen molar-refractivity contribution in [2.24, 2.45) is 0 Å². The largest absolute Gasteiger partial charge is 0.382 e. The molecular formula is C28H28FN5O4. The van der Waals surface area contributed by atoms with Crippen LogP contribution in [0.25, 0.3) is 22.0 Å². The Balaban J connectivity index is 1.49. The number of rotatable bonds is 13. The lowest BCUT2D eigenvalue weighted by Crippen LogP contribution is -2.24. The molecule has 0 saturated heterocycles. The molecule has 0 saturated carbocycles. The third-order valence-corrected chi connectivity index (χ3v) is 5.74. The highest BCUT2D eigenvalue weighted by Crippen LogP contribution is 2.27. The molecule has 0 amide bonds. The number of methoxy groups -OCH3 is 1. The van der Waals surface area contributed by atoms with Crippen LogP contribution in [0.2, 0.25) is 0 Å². The van der Waals surface area contributed by atoms with Crippen LogP contribution in [0.4, 0.5) is 10.2 Å². The van der Waals surface area contributed by atoms with Crippen molar-refractivity contribution in [3.63, 3.8) is 0 Å². The molecule has 4 rings (SSSR count). The number of nitrogens with one attached hydrogen (secondary N) is 1. The number of nitriles is 1. The standard InChI is InChI=1S/C28H28FN5O4/c1-36-14-15-38-17-16-37-13-12-31-25-11-10-24(27(29)32-25)26-22-4-2-3-5-23(22)28(35)34(33-26)19-21-8-6-20(18-30)7-9-21/h2-11H,12-17,19H2,1H3,(H,31,32). The topological polar surface area (TPSA) is 111 Å². The SMILES string of the molecule is COCCOCCOCCNc1ccc(-c2nn(Cc3ccc(C#N)cc3)c(=O)c3ccccc23)c(F)n1. The minimum absolute atomic E-state index is 0.175. The van der Waals surface area contributed by atoms with Crippen LogP contribution in [0, 0.1) is 17.3 Å². The van der Waals surface area contributed by atoms with Gasteiger partial charge >= 0.3 is 0 Å². The van der Waals surface area contributed by atoms with E-state index in [1.54, 1.807) is 67.8 Å². The van der Waals surface area contributed by atoms with Crippen molar-refractivity contribution >= 4 is 16.6 Å². The third kappa shape index (κ3) is 6.77. The molecule has 4 aromatic rings. The summed E-state index contributed by atoms with van der Waals surface area (Å²) in [7, 11) is 1.62. The van der Waals surface area contributed by atoms with Gasteiger partial charge in [0.1, 0.15) is 11.5 Å². The Hall–Kier alpha value is -4.17. The van der Waals surface area contributed by atoms with E-state index in [0.717, 1.165) is 5.56 Å². The lowest BCUT2D eigenvalue weighted by atomic mass is 10.1. The van der Waals surface area contributed by atoms with Gasteiger partial charge in [0.2, 0.25) is 5.95 Å². The van der Waals surface area contributed by atoms with Crippen molar-refractivity contribution in [3.8, 4) is 17.3 Å². The van der Waals surface area contributed by atoms with E-state index in [1.165, 1.54) is 4.68 Å². The first-order chi connectivity index (χ1) is 18.6. The van der Waals surface area contributed by atoms with E-state index in [4.69, 9.17) is 19.5 Å². The summed E-state index contributed by atoms with van der Waals surface area (Å²) in [5.41, 5.74) is 1.53. The molecule has 0 fully saturated rings. The maximum Gasteiger partial charge on any atom is 0.274 e. The maximum atomic E-state index is 15.2. The Labute approximate surface area is 219 Å². The zero-order valence-electron chi connectivity index (χ0n) is 21.0. The van der Waals surface area contributed by atoms with Gasteiger partial charge in [-0.3, -0.25) is 4.79 Å². The zero-order valence-corrected chi connectivity index (χ0v) is 21.0. The Bertz CT molecular complexity index is 1470. The minimum atomic E-state index is -0.705. The molecule has 38 heavy (non-hydrogen) atoms. The average molecular weight is 518 g/mol. The van der Waals surface area contributed by atoms with E-state index in [9.17, 15) is 4.79 Å². The van der Waals surface area contributed by atoms with Crippen molar-refractivity contribution < 1.29 is 18.6 Å². The van der Waals surface area contributed by atoms with E-state index in [-0.39, 0.29) is 17.7 Å². The molecule has 9 nitrogen and oxygen atoms in total. The van der Waals surface area contributed by atoms with Crippen LogP contribution < -0.4 is 10.9 Å². The zero-order chi connectivity index (χ0) is 26.7. The molecule has 0 spiro atoms. The first-order valence-electron chi connectivity index (χ1n) is 12.1. The number of hydrogen-bond donors (Lipinski definition) is 1. The number of ether oxygens (including phenoxy) is 3. The number of nitrogens with zero attached hydrogens (tertiary/aromatic N) is 4. The van der Waals surface area contributed by atoms with Crippen molar-refractivity contribution in [1.82, 2.24) is 14.8 Å². The van der Waals surface area contributed by atoms with E-state index < -0.39 is 5.95 Å². The van der Waals surface area contributed by atoms with E-state index in [2.05, 4.69) is 21.5 Å².